The third kappa shape index (κ3) is 3.27. The minimum absolute atomic E-state index is 0.0824. The zero-order valence-electron chi connectivity index (χ0n) is 10.2. The van der Waals surface area contributed by atoms with Crippen LogP contribution in [0.1, 0.15) is 36.8 Å². The lowest BCUT2D eigenvalue weighted by Gasteiger charge is -2.21. The zero-order chi connectivity index (χ0) is 12.1. The molecule has 1 saturated heterocycles. The molecule has 2 nitrogen and oxygen atoms in total. The highest BCUT2D eigenvalue weighted by Crippen LogP contribution is 2.18. The summed E-state index contributed by atoms with van der Waals surface area (Å²) in [6.07, 6.45) is 4.95. The second kappa shape index (κ2) is 6.12. The summed E-state index contributed by atoms with van der Waals surface area (Å²) >= 11 is 0. The molecule has 1 aromatic rings. The number of nitrogens with zero attached hydrogens (tertiary/aromatic N) is 1. The fourth-order valence-corrected chi connectivity index (χ4v) is 2.45. The summed E-state index contributed by atoms with van der Waals surface area (Å²) < 4.78 is 13.8. The fourth-order valence-electron chi connectivity index (χ4n) is 2.45. The van der Waals surface area contributed by atoms with Crippen molar-refractivity contribution in [1.29, 1.82) is 0 Å². The molecule has 0 aliphatic carbocycles. The Hall–Kier alpha value is -0.930. The molecule has 0 unspecified atom stereocenters. The summed E-state index contributed by atoms with van der Waals surface area (Å²) in [5, 5.41) is 9.24. The molecule has 1 aliphatic heterocycles. The molecule has 0 amide bonds. The second-order valence-electron chi connectivity index (χ2n) is 4.73. The van der Waals surface area contributed by atoms with Crippen molar-refractivity contribution in [2.75, 3.05) is 13.1 Å². The topological polar surface area (TPSA) is 23.5 Å². The quantitative estimate of drug-likeness (QED) is 0.873. The van der Waals surface area contributed by atoms with E-state index in [2.05, 4.69) is 4.90 Å². The highest BCUT2D eigenvalue weighted by atomic mass is 19.1. The van der Waals surface area contributed by atoms with Gasteiger partial charge in [0.05, 0.1) is 6.61 Å². The van der Waals surface area contributed by atoms with Crippen LogP contribution in [0.25, 0.3) is 0 Å². The van der Waals surface area contributed by atoms with Crippen molar-refractivity contribution in [3.63, 3.8) is 0 Å². The van der Waals surface area contributed by atoms with E-state index >= 15 is 0 Å². The maximum absolute atomic E-state index is 13.8. The molecule has 94 valence electrons. The molecule has 1 heterocycles. The summed E-state index contributed by atoms with van der Waals surface area (Å²) in [6, 6.07) is 4.94. The predicted molar refractivity (Wildman–Crippen MR) is 66.1 cm³/mol. The van der Waals surface area contributed by atoms with E-state index in [0.29, 0.717) is 17.7 Å². The number of rotatable bonds is 3. The van der Waals surface area contributed by atoms with Gasteiger partial charge in [-0.1, -0.05) is 25.0 Å². The van der Waals surface area contributed by atoms with Crippen molar-refractivity contribution >= 4 is 0 Å². The van der Waals surface area contributed by atoms with Crippen LogP contribution < -0.4 is 0 Å². The number of aliphatic hydroxyl groups is 1. The van der Waals surface area contributed by atoms with Crippen LogP contribution >= 0.6 is 0 Å². The molecule has 2 rings (SSSR count). The van der Waals surface area contributed by atoms with Gasteiger partial charge in [-0.25, -0.2) is 4.39 Å². The Balaban J connectivity index is 2.11. The van der Waals surface area contributed by atoms with Crippen LogP contribution in [0.5, 0.6) is 0 Å². The molecule has 0 radical (unpaired) electrons. The van der Waals surface area contributed by atoms with Crippen LogP contribution in [-0.2, 0) is 13.2 Å². The first-order chi connectivity index (χ1) is 8.31. The van der Waals surface area contributed by atoms with Gasteiger partial charge in [-0.15, -0.1) is 0 Å². The molecule has 0 bridgehead atoms. The van der Waals surface area contributed by atoms with Crippen LogP contribution in [0.2, 0.25) is 0 Å². The normalized spacial score (nSPS) is 18.0. The van der Waals surface area contributed by atoms with Gasteiger partial charge in [-0.2, -0.15) is 0 Å². The Morgan fingerprint density at radius 3 is 2.47 bits per heavy atom. The maximum atomic E-state index is 13.8. The third-order valence-corrected chi connectivity index (χ3v) is 3.47. The lowest BCUT2D eigenvalue weighted by Crippen LogP contribution is -2.25. The largest absolute Gasteiger partial charge is 0.392 e. The average Bonchev–Trinajstić information content (AvgIpc) is 2.60. The van der Waals surface area contributed by atoms with E-state index in [4.69, 9.17) is 0 Å². The molecule has 0 saturated carbocycles. The Morgan fingerprint density at radius 1 is 1.12 bits per heavy atom. The summed E-state index contributed by atoms with van der Waals surface area (Å²) in [7, 11) is 0. The van der Waals surface area contributed by atoms with Gasteiger partial charge in [0.25, 0.3) is 0 Å². The van der Waals surface area contributed by atoms with Gasteiger partial charge in [0, 0.05) is 12.1 Å². The molecule has 0 atom stereocenters. The molecule has 17 heavy (non-hydrogen) atoms. The third-order valence-electron chi connectivity index (χ3n) is 3.47. The minimum Gasteiger partial charge on any atom is -0.392 e. The molecule has 1 aliphatic rings. The van der Waals surface area contributed by atoms with Gasteiger partial charge in [-0.05, 0) is 37.6 Å². The van der Waals surface area contributed by atoms with Crippen molar-refractivity contribution in [2.24, 2.45) is 0 Å². The summed E-state index contributed by atoms with van der Waals surface area (Å²) in [4.78, 5) is 2.30. The van der Waals surface area contributed by atoms with Gasteiger partial charge in [0.1, 0.15) is 5.82 Å². The maximum Gasteiger partial charge on any atom is 0.128 e. The van der Waals surface area contributed by atoms with E-state index < -0.39 is 0 Å². The van der Waals surface area contributed by atoms with E-state index in [1.54, 1.807) is 12.1 Å². The molecule has 0 spiro atoms. The summed E-state index contributed by atoms with van der Waals surface area (Å²) in [6.45, 7) is 2.63. The number of benzene rings is 1. The predicted octanol–water partition coefficient (Wildman–Crippen LogP) is 2.69. The number of aliphatic hydroxyl groups excluding tert-OH is 1. The van der Waals surface area contributed by atoms with Gasteiger partial charge in [0.15, 0.2) is 0 Å². The summed E-state index contributed by atoms with van der Waals surface area (Å²) in [5.41, 5.74) is 1.38. The summed E-state index contributed by atoms with van der Waals surface area (Å²) in [5.74, 6) is -0.194. The van der Waals surface area contributed by atoms with Crippen LogP contribution in [0.4, 0.5) is 4.39 Å². The molecule has 1 aromatic carbocycles. The van der Waals surface area contributed by atoms with E-state index in [1.807, 2.05) is 0 Å². The molecule has 0 aromatic heterocycles. The fraction of sp³-hybridized carbons (Fsp3) is 0.571. The van der Waals surface area contributed by atoms with Gasteiger partial charge >= 0.3 is 0 Å². The standard InChI is InChI=1S/C14H20FNO/c15-14-7-5-6-12(11-17)13(14)10-16-8-3-1-2-4-9-16/h5-7,17H,1-4,8-11H2. The first-order valence-electron chi connectivity index (χ1n) is 6.41. The SMILES string of the molecule is OCc1cccc(F)c1CN1CCCCCC1. The highest BCUT2D eigenvalue weighted by Gasteiger charge is 2.14. The van der Waals surface area contributed by atoms with Crippen LogP contribution in [0.15, 0.2) is 18.2 Å². The lowest BCUT2D eigenvalue weighted by molar-refractivity contribution is 0.257. The number of hydrogen-bond acceptors (Lipinski definition) is 2. The van der Waals surface area contributed by atoms with Crippen LogP contribution in [0, 0.1) is 5.82 Å². The number of hydrogen-bond donors (Lipinski definition) is 1. The monoisotopic (exact) mass is 237 g/mol. The van der Waals surface area contributed by atoms with Gasteiger partial charge < -0.3 is 5.11 Å². The molecule has 3 heteroatoms. The molecule has 1 N–H and O–H groups in total. The van der Waals surface area contributed by atoms with E-state index in [1.165, 1.54) is 31.7 Å². The van der Waals surface area contributed by atoms with E-state index in [0.717, 1.165) is 13.1 Å². The number of likely N-dealkylation sites (tertiary alicyclic amines) is 1. The Kier molecular flexibility index (Phi) is 4.51. The highest BCUT2D eigenvalue weighted by molar-refractivity contribution is 5.28. The smallest absolute Gasteiger partial charge is 0.128 e. The van der Waals surface area contributed by atoms with Crippen LogP contribution in [0.3, 0.4) is 0 Å². The molecular formula is C14H20FNO. The van der Waals surface area contributed by atoms with Crippen molar-refractivity contribution < 1.29 is 9.50 Å². The van der Waals surface area contributed by atoms with Crippen LogP contribution in [-0.4, -0.2) is 23.1 Å². The van der Waals surface area contributed by atoms with E-state index in [9.17, 15) is 9.50 Å². The van der Waals surface area contributed by atoms with Gasteiger partial charge in [0.2, 0.25) is 0 Å². The lowest BCUT2D eigenvalue weighted by atomic mass is 10.1. The first kappa shape index (κ1) is 12.5. The van der Waals surface area contributed by atoms with Crippen molar-refractivity contribution in [1.82, 2.24) is 4.90 Å². The van der Waals surface area contributed by atoms with E-state index in [-0.39, 0.29) is 12.4 Å². The average molecular weight is 237 g/mol. The Morgan fingerprint density at radius 2 is 1.82 bits per heavy atom. The van der Waals surface area contributed by atoms with Crippen molar-refractivity contribution in [3.05, 3.63) is 35.1 Å². The minimum atomic E-state index is -0.194. The molecular weight excluding hydrogens is 217 g/mol. The molecule has 1 fully saturated rings. The Labute approximate surface area is 102 Å². The number of halogens is 1. The first-order valence-corrected chi connectivity index (χ1v) is 6.41. The van der Waals surface area contributed by atoms with Crippen molar-refractivity contribution in [2.45, 2.75) is 38.8 Å². The van der Waals surface area contributed by atoms with Gasteiger partial charge in [-0.3, -0.25) is 4.90 Å². The Bertz CT molecular complexity index is 359. The second-order valence-corrected chi connectivity index (χ2v) is 4.73. The van der Waals surface area contributed by atoms with Crippen molar-refractivity contribution in [3.8, 4) is 0 Å². The zero-order valence-corrected chi connectivity index (χ0v) is 10.2.